The molecule has 3 atom stereocenters. The summed E-state index contributed by atoms with van der Waals surface area (Å²) < 4.78 is 4.97. The summed E-state index contributed by atoms with van der Waals surface area (Å²) in [6, 6.07) is 0.805. The summed E-state index contributed by atoms with van der Waals surface area (Å²) in [6.45, 7) is 9.50. The van der Waals surface area contributed by atoms with E-state index >= 15 is 0 Å². The van der Waals surface area contributed by atoms with Gasteiger partial charge in [0, 0.05) is 25.7 Å². The Labute approximate surface area is 123 Å². The summed E-state index contributed by atoms with van der Waals surface area (Å²) in [4.78, 5) is 14.6. The molecule has 0 spiro atoms. The van der Waals surface area contributed by atoms with Crippen molar-refractivity contribution >= 4 is 5.91 Å². The van der Waals surface area contributed by atoms with Crippen molar-refractivity contribution in [1.29, 1.82) is 0 Å². The second-order valence-electron chi connectivity index (χ2n) is 5.61. The van der Waals surface area contributed by atoms with Gasteiger partial charge in [-0.25, -0.2) is 0 Å². The van der Waals surface area contributed by atoms with Crippen molar-refractivity contribution in [2.45, 2.75) is 58.2 Å². The average molecular weight is 285 g/mol. The van der Waals surface area contributed by atoms with E-state index in [-0.39, 0.29) is 11.9 Å². The van der Waals surface area contributed by atoms with Crippen molar-refractivity contribution in [2.24, 2.45) is 0 Å². The number of hydrogen-bond acceptors (Lipinski definition) is 4. The van der Waals surface area contributed by atoms with Crippen LogP contribution < -0.4 is 10.6 Å². The van der Waals surface area contributed by atoms with Gasteiger partial charge in [-0.3, -0.25) is 9.69 Å². The van der Waals surface area contributed by atoms with Crippen LogP contribution in [0, 0.1) is 0 Å². The van der Waals surface area contributed by atoms with Gasteiger partial charge in [0.2, 0.25) is 5.91 Å². The SMILES string of the molecule is CCNC(C)C1CCCCN1C(C)C(=O)NCCOC. The highest BCUT2D eigenvalue weighted by Gasteiger charge is 2.32. The predicted molar refractivity (Wildman–Crippen MR) is 81.8 cm³/mol. The Bertz CT molecular complexity index is 286. The molecule has 1 rings (SSSR count). The van der Waals surface area contributed by atoms with Gasteiger partial charge < -0.3 is 15.4 Å². The molecular formula is C15H31N3O2. The maximum absolute atomic E-state index is 12.2. The third kappa shape index (κ3) is 5.04. The quantitative estimate of drug-likeness (QED) is 0.653. The van der Waals surface area contributed by atoms with Crippen LogP contribution in [0.4, 0.5) is 0 Å². The van der Waals surface area contributed by atoms with E-state index in [9.17, 15) is 4.79 Å². The minimum atomic E-state index is -0.0711. The van der Waals surface area contributed by atoms with E-state index in [1.54, 1.807) is 7.11 Å². The zero-order valence-corrected chi connectivity index (χ0v) is 13.4. The van der Waals surface area contributed by atoms with Gasteiger partial charge in [-0.15, -0.1) is 0 Å². The number of amides is 1. The van der Waals surface area contributed by atoms with Gasteiger partial charge in [0.1, 0.15) is 0 Å². The predicted octanol–water partition coefficient (Wildman–Crippen LogP) is 0.990. The summed E-state index contributed by atoms with van der Waals surface area (Å²) in [5.74, 6) is 0.109. The highest BCUT2D eigenvalue weighted by atomic mass is 16.5. The Hall–Kier alpha value is -0.650. The maximum Gasteiger partial charge on any atom is 0.237 e. The number of methoxy groups -OCH3 is 1. The summed E-state index contributed by atoms with van der Waals surface area (Å²) in [7, 11) is 1.65. The van der Waals surface area contributed by atoms with Gasteiger partial charge in [0.05, 0.1) is 12.6 Å². The number of likely N-dealkylation sites (tertiary alicyclic amines) is 1. The fourth-order valence-electron chi connectivity index (χ4n) is 3.03. The van der Waals surface area contributed by atoms with Gasteiger partial charge in [-0.05, 0) is 39.8 Å². The molecule has 0 aromatic heterocycles. The highest BCUT2D eigenvalue weighted by Crippen LogP contribution is 2.22. The first kappa shape index (κ1) is 17.4. The largest absolute Gasteiger partial charge is 0.383 e. The number of carbonyl (C=O) groups is 1. The van der Waals surface area contributed by atoms with Crippen molar-refractivity contribution in [3.05, 3.63) is 0 Å². The van der Waals surface area contributed by atoms with Gasteiger partial charge in [-0.2, -0.15) is 0 Å². The molecule has 3 unspecified atom stereocenters. The molecule has 0 aliphatic carbocycles. The van der Waals surface area contributed by atoms with Gasteiger partial charge in [-0.1, -0.05) is 13.3 Å². The minimum Gasteiger partial charge on any atom is -0.383 e. The molecule has 0 radical (unpaired) electrons. The van der Waals surface area contributed by atoms with Crippen LogP contribution in [0.2, 0.25) is 0 Å². The topological polar surface area (TPSA) is 53.6 Å². The second-order valence-corrected chi connectivity index (χ2v) is 5.61. The molecule has 1 aliphatic heterocycles. The Morgan fingerprint density at radius 3 is 2.80 bits per heavy atom. The van der Waals surface area contributed by atoms with Crippen LogP contribution in [0.25, 0.3) is 0 Å². The molecule has 5 heteroatoms. The zero-order chi connectivity index (χ0) is 15.0. The molecule has 0 bridgehead atoms. The molecule has 1 amide bonds. The first-order chi connectivity index (χ1) is 9.61. The molecule has 0 aromatic rings. The number of nitrogens with zero attached hydrogens (tertiary/aromatic N) is 1. The molecule has 118 valence electrons. The third-order valence-corrected chi connectivity index (χ3v) is 4.18. The Morgan fingerprint density at radius 2 is 2.15 bits per heavy atom. The molecule has 0 aromatic carbocycles. The van der Waals surface area contributed by atoms with Crippen LogP contribution in [-0.2, 0) is 9.53 Å². The normalized spacial score (nSPS) is 23.3. The molecule has 5 nitrogen and oxygen atoms in total. The summed E-state index contributed by atoms with van der Waals surface area (Å²) in [5, 5.41) is 6.44. The summed E-state index contributed by atoms with van der Waals surface area (Å²) in [5.41, 5.74) is 0. The number of carbonyl (C=O) groups excluding carboxylic acids is 1. The Kier molecular flexibility index (Phi) is 8.11. The van der Waals surface area contributed by atoms with E-state index in [1.165, 1.54) is 19.3 Å². The van der Waals surface area contributed by atoms with Crippen molar-refractivity contribution < 1.29 is 9.53 Å². The maximum atomic E-state index is 12.2. The standard InChI is InChI=1S/C15H31N3O2/c1-5-16-12(2)14-8-6-7-10-18(14)13(3)15(19)17-9-11-20-4/h12-14,16H,5-11H2,1-4H3,(H,17,19). The van der Waals surface area contributed by atoms with Crippen molar-refractivity contribution in [1.82, 2.24) is 15.5 Å². The second kappa shape index (κ2) is 9.32. The lowest BCUT2D eigenvalue weighted by atomic mass is 9.94. The molecule has 20 heavy (non-hydrogen) atoms. The molecule has 1 fully saturated rings. The number of ether oxygens (including phenoxy) is 1. The van der Waals surface area contributed by atoms with E-state index in [0.29, 0.717) is 25.2 Å². The summed E-state index contributed by atoms with van der Waals surface area (Å²) in [6.07, 6.45) is 3.61. The highest BCUT2D eigenvalue weighted by molar-refractivity contribution is 5.81. The van der Waals surface area contributed by atoms with E-state index in [0.717, 1.165) is 13.1 Å². The van der Waals surface area contributed by atoms with E-state index < -0.39 is 0 Å². The number of likely N-dealkylation sites (N-methyl/N-ethyl adjacent to an activating group) is 1. The fourth-order valence-corrected chi connectivity index (χ4v) is 3.03. The molecule has 1 heterocycles. The minimum absolute atomic E-state index is 0.0711. The van der Waals surface area contributed by atoms with E-state index in [2.05, 4.69) is 29.4 Å². The molecule has 0 saturated carbocycles. The van der Waals surface area contributed by atoms with E-state index in [4.69, 9.17) is 4.74 Å². The van der Waals surface area contributed by atoms with Crippen LogP contribution >= 0.6 is 0 Å². The molecule has 1 saturated heterocycles. The van der Waals surface area contributed by atoms with Crippen LogP contribution in [0.5, 0.6) is 0 Å². The zero-order valence-electron chi connectivity index (χ0n) is 13.4. The van der Waals surface area contributed by atoms with Gasteiger partial charge in [0.25, 0.3) is 0 Å². The van der Waals surface area contributed by atoms with E-state index in [1.807, 2.05) is 6.92 Å². The number of hydrogen-bond donors (Lipinski definition) is 2. The lowest BCUT2D eigenvalue weighted by Gasteiger charge is -2.42. The van der Waals surface area contributed by atoms with Crippen molar-refractivity contribution in [3.8, 4) is 0 Å². The van der Waals surface area contributed by atoms with Gasteiger partial charge >= 0.3 is 0 Å². The molecular weight excluding hydrogens is 254 g/mol. The summed E-state index contributed by atoms with van der Waals surface area (Å²) >= 11 is 0. The van der Waals surface area contributed by atoms with Crippen molar-refractivity contribution in [2.75, 3.05) is 33.4 Å². The molecule has 2 N–H and O–H groups in total. The first-order valence-corrected chi connectivity index (χ1v) is 7.87. The lowest BCUT2D eigenvalue weighted by molar-refractivity contribution is -0.127. The Balaban J connectivity index is 2.57. The smallest absolute Gasteiger partial charge is 0.237 e. The van der Waals surface area contributed by atoms with Crippen LogP contribution in [0.1, 0.15) is 40.0 Å². The average Bonchev–Trinajstić information content (AvgIpc) is 2.47. The Morgan fingerprint density at radius 1 is 1.40 bits per heavy atom. The lowest BCUT2D eigenvalue weighted by Crippen LogP contribution is -2.57. The number of nitrogens with one attached hydrogen (secondary N) is 2. The number of piperidine rings is 1. The third-order valence-electron chi connectivity index (χ3n) is 4.18. The van der Waals surface area contributed by atoms with Crippen LogP contribution in [0.3, 0.4) is 0 Å². The van der Waals surface area contributed by atoms with Crippen LogP contribution in [0.15, 0.2) is 0 Å². The number of rotatable bonds is 8. The van der Waals surface area contributed by atoms with Crippen LogP contribution in [-0.4, -0.2) is 62.3 Å². The fraction of sp³-hybridized carbons (Fsp3) is 0.933. The van der Waals surface area contributed by atoms with Gasteiger partial charge in [0.15, 0.2) is 0 Å². The molecule has 1 aliphatic rings. The van der Waals surface area contributed by atoms with Crippen molar-refractivity contribution in [3.63, 3.8) is 0 Å². The first-order valence-electron chi connectivity index (χ1n) is 7.87. The monoisotopic (exact) mass is 285 g/mol.